The Morgan fingerprint density at radius 2 is 1.45 bits per heavy atom. The van der Waals surface area contributed by atoms with Crippen LogP contribution in [0.2, 0.25) is 0 Å². The first kappa shape index (κ1) is 14.6. The van der Waals surface area contributed by atoms with Crippen molar-refractivity contribution in [1.82, 2.24) is 5.32 Å². The Hall–Kier alpha value is -1.81. The van der Waals surface area contributed by atoms with E-state index in [1.807, 2.05) is 6.92 Å². The van der Waals surface area contributed by atoms with Crippen molar-refractivity contribution >= 4 is 0 Å². The summed E-state index contributed by atoms with van der Waals surface area (Å²) in [6.45, 7) is 2.54. The number of halogens is 3. The zero-order valence-electron chi connectivity index (χ0n) is 11.1. The van der Waals surface area contributed by atoms with Crippen molar-refractivity contribution in [3.8, 4) is 0 Å². The molecule has 0 unspecified atom stereocenters. The van der Waals surface area contributed by atoms with Crippen molar-refractivity contribution in [2.24, 2.45) is 0 Å². The van der Waals surface area contributed by atoms with Gasteiger partial charge in [0.25, 0.3) is 6.43 Å². The fraction of sp³-hybridized carbons (Fsp3) is 0.250. The molecule has 0 aliphatic rings. The van der Waals surface area contributed by atoms with Crippen LogP contribution in [0.25, 0.3) is 0 Å². The molecule has 2 rings (SSSR count). The van der Waals surface area contributed by atoms with E-state index in [4.69, 9.17) is 0 Å². The molecule has 1 N–H and O–H groups in total. The standard InChI is InChI=1S/C16H16F3N/c1-11(13-6-8-15(17)9-7-13)20-10-12-2-4-14(5-3-12)16(18)19/h2-9,11,16,20H,10H2,1H3/t11-/m0/s1. The molecule has 0 bridgehead atoms. The molecule has 4 heteroatoms. The number of benzene rings is 2. The number of hydrogen-bond acceptors (Lipinski definition) is 1. The van der Waals surface area contributed by atoms with Crippen molar-refractivity contribution in [3.05, 3.63) is 71.0 Å². The number of alkyl halides is 2. The van der Waals surface area contributed by atoms with E-state index in [1.165, 1.54) is 24.3 Å². The first-order valence-corrected chi connectivity index (χ1v) is 6.42. The Morgan fingerprint density at radius 1 is 0.900 bits per heavy atom. The molecule has 2 aromatic rings. The zero-order chi connectivity index (χ0) is 14.5. The number of rotatable bonds is 5. The summed E-state index contributed by atoms with van der Waals surface area (Å²) in [6, 6.07) is 12.6. The fourth-order valence-electron chi connectivity index (χ4n) is 1.92. The summed E-state index contributed by atoms with van der Waals surface area (Å²) in [5, 5.41) is 3.27. The molecule has 0 heterocycles. The highest BCUT2D eigenvalue weighted by molar-refractivity contribution is 5.24. The van der Waals surface area contributed by atoms with Crippen molar-refractivity contribution in [1.29, 1.82) is 0 Å². The highest BCUT2D eigenvalue weighted by Gasteiger charge is 2.07. The summed E-state index contributed by atoms with van der Waals surface area (Å²) in [5.41, 5.74) is 1.94. The normalized spacial score (nSPS) is 12.7. The minimum absolute atomic E-state index is 0.0281. The number of hydrogen-bond donors (Lipinski definition) is 1. The van der Waals surface area contributed by atoms with Gasteiger partial charge in [-0.15, -0.1) is 0 Å². The van der Waals surface area contributed by atoms with Crippen LogP contribution in [0.1, 0.15) is 36.1 Å². The fourth-order valence-corrected chi connectivity index (χ4v) is 1.92. The molecule has 0 aliphatic heterocycles. The van der Waals surface area contributed by atoms with E-state index in [9.17, 15) is 13.2 Å². The third-order valence-electron chi connectivity index (χ3n) is 3.21. The Labute approximate surface area is 116 Å². The maximum Gasteiger partial charge on any atom is 0.263 e. The minimum Gasteiger partial charge on any atom is -0.306 e. The lowest BCUT2D eigenvalue weighted by Gasteiger charge is -2.14. The van der Waals surface area contributed by atoms with Crippen LogP contribution >= 0.6 is 0 Å². The van der Waals surface area contributed by atoms with Gasteiger partial charge in [0.2, 0.25) is 0 Å². The van der Waals surface area contributed by atoms with Gasteiger partial charge in [0.05, 0.1) is 0 Å². The van der Waals surface area contributed by atoms with Gasteiger partial charge in [0.15, 0.2) is 0 Å². The summed E-state index contributed by atoms with van der Waals surface area (Å²) in [6.07, 6.45) is -2.44. The maximum absolute atomic E-state index is 12.8. The van der Waals surface area contributed by atoms with Crippen molar-refractivity contribution < 1.29 is 13.2 Å². The van der Waals surface area contributed by atoms with Crippen LogP contribution < -0.4 is 5.32 Å². The summed E-state index contributed by atoms with van der Waals surface area (Å²) in [5.74, 6) is -0.261. The van der Waals surface area contributed by atoms with Crippen LogP contribution in [-0.2, 0) is 6.54 Å². The molecule has 1 nitrogen and oxygen atoms in total. The van der Waals surface area contributed by atoms with E-state index < -0.39 is 6.43 Å². The average molecular weight is 279 g/mol. The second kappa shape index (κ2) is 6.57. The third kappa shape index (κ3) is 3.84. The first-order chi connectivity index (χ1) is 9.56. The molecule has 2 aromatic carbocycles. The Kier molecular flexibility index (Phi) is 4.79. The largest absolute Gasteiger partial charge is 0.306 e. The van der Waals surface area contributed by atoms with E-state index in [2.05, 4.69) is 5.32 Å². The quantitative estimate of drug-likeness (QED) is 0.842. The molecule has 0 amide bonds. The van der Waals surface area contributed by atoms with Gasteiger partial charge in [-0.2, -0.15) is 0 Å². The van der Waals surface area contributed by atoms with Crippen LogP contribution in [-0.4, -0.2) is 0 Å². The summed E-state index contributed by atoms with van der Waals surface area (Å²) in [4.78, 5) is 0. The Balaban J connectivity index is 1.92. The van der Waals surface area contributed by atoms with E-state index in [0.29, 0.717) is 6.54 Å². The van der Waals surface area contributed by atoms with Gasteiger partial charge in [-0.1, -0.05) is 36.4 Å². The molecular formula is C16H16F3N. The lowest BCUT2D eigenvalue weighted by Crippen LogP contribution is -2.18. The lowest BCUT2D eigenvalue weighted by molar-refractivity contribution is 0.151. The smallest absolute Gasteiger partial charge is 0.263 e. The summed E-state index contributed by atoms with van der Waals surface area (Å²) >= 11 is 0. The molecule has 0 fully saturated rings. The Bertz CT molecular complexity index is 535. The molecule has 0 saturated carbocycles. The molecule has 106 valence electrons. The van der Waals surface area contributed by atoms with Crippen LogP contribution in [0.15, 0.2) is 48.5 Å². The van der Waals surface area contributed by atoms with Gasteiger partial charge in [-0.05, 0) is 30.2 Å². The van der Waals surface area contributed by atoms with E-state index >= 15 is 0 Å². The lowest BCUT2D eigenvalue weighted by atomic mass is 10.1. The van der Waals surface area contributed by atoms with Crippen LogP contribution in [0.3, 0.4) is 0 Å². The molecule has 0 aliphatic carbocycles. The number of nitrogens with one attached hydrogen (secondary N) is 1. The zero-order valence-corrected chi connectivity index (χ0v) is 11.1. The minimum atomic E-state index is -2.44. The predicted molar refractivity (Wildman–Crippen MR) is 73.1 cm³/mol. The van der Waals surface area contributed by atoms with Crippen LogP contribution in [0, 0.1) is 5.82 Å². The second-order valence-electron chi connectivity index (χ2n) is 4.70. The molecule has 0 spiro atoms. The van der Waals surface area contributed by atoms with Crippen LogP contribution in [0.4, 0.5) is 13.2 Å². The van der Waals surface area contributed by atoms with Crippen molar-refractivity contribution in [2.75, 3.05) is 0 Å². The van der Waals surface area contributed by atoms with E-state index in [-0.39, 0.29) is 17.4 Å². The molecular weight excluding hydrogens is 263 g/mol. The summed E-state index contributed by atoms with van der Waals surface area (Å²) < 4.78 is 37.7. The van der Waals surface area contributed by atoms with Gasteiger partial charge in [-0.25, -0.2) is 13.2 Å². The SMILES string of the molecule is C[C@H](NCc1ccc(C(F)F)cc1)c1ccc(F)cc1. The van der Waals surface area contributed by atoms with Gasteiger partial charge < -0.3 is 5.32 Å². The molecule has 20 heavy (non-hydrogen) atoms. The predicted octanol–water partition coefficient (Wildman–Crippen LogP) is 4.61. The first-order valence-electron chi connectivity index (χ1n) is 6.42. The second-order valence-corrected chi connectivity index (χ2v) is 4.70. The van der Waals surface area contributed by atoms with Gasteiger partial charge in [-0.3, -0.25) is 0 Å². The molecule has 0 aromatic heterocycles. The van der Waals surface area contributed by atoms with Crippen molar-refractivity contribution in [3.63, 3.8) is 0 Å². The van der Waals surface area contributed by atoms with Gasteiger partial charge in [0, 0.05) is 18.2 Å². The van der Waals surface area contributed by atoms with E-state index in [1.54, 1.807) is 24.3 Å². The molecule has 0 saturated heterocycles. The molecule has 0 radical (unpaired) electrons. The monoisotopic (exact) mass is 279 g/mol. The topological polar surface area (TPSA) is 12.0 Å². The summed E-state index contributed by atoms with van der Waals surface area (Å²) in [7, 11) is 0. The molecule has 1 atom stereocenters. The van der Waals surface area contributed by atoms with Gasteiger partial charge in [0.1, 0.15) is 5.82 Å². The van der Waals surface area contributed by atoms with Gasteiger partial charge >= 0.3 is 0 Å². The van der Waals surface area contributed by atoms with Crippen LogP contribution in [0.5, 0.6) is 0 Å². The highest BCUT2D eigenvalue weighted by Crippen LogP contribution is 2.19. The average Bonchev–Trinajstić information content (AvgIpc) is 2.46. The maximum atomic E-state index is 12.8. The highest BCUT2D eigenvalue weighted by atomic mass is 19.3. The third-order valence-corrected chi connectivity index (χ3v) is 3.21. The van der Waals surface area contributed by atoms with E-state index in [0.717, 1.165) is 11.1 Å². The Morgan fingerprint density at radius 3 is 2.00 bits per heavy atom. The van der Waals surface area contributed by atoms with Crippen molar-refractivity contribution in [2.45, 2.75) is 25.9 Å².